The van der Waals surface area contributed by atoms with Crippen LogP contribution in [0.2, 0.25) is 0 Å². The van der Waals surface area contributed by atoms with Crippen molar-refractivity contribution < 1.29 is 9.18 Å². The number of halogens is 1. The molecule has 1 N–H and O–H groups in total. The Bertz CT molecular complexity index is 445. The minimum Gasteiger partial charge on any atom is -0.339 e. The molecule has 1 saturated heterocycles. The van der Waals surface area contributed by atoms with Gasteiger partial charge >= 0.3 is 0 Å². The zero-order valence-electron chi connectivity index (χ0n) is 10.9. The topological polar surface area (TPSA) is 32.3 Å². The molecule has 1 aromatic carbocycles. The van der Waals surface area contributed by atoms with E-state index < -0.39 is 0 Å². The van der Waals surface area contributed by atoms with Crippen LogP contribution in [-0.4, -0.2) is 36.0 Å². The van der Waals surface area contributed by atoms with Gasteiger partial charge in [-0.2, -0.15) is 0 Å². The number of hydrogen-bond acceptors (Lipinski definition) is 2. The van der Waals surface area contributed by atoms with Crippen molar-refractivity contribution in [2.24, 2.45) is 0 Å². The predicted molar refractivity (Wildman–Crippen MR) is 68.8 cm³/mol. The van der Waals surface area contributed by atoms with Gasteiger partial charge in [0.15, 0.2) is 0 Å². The molecule has 98 valence electrons. The maximum Gasteiger partial charge on any atom is 0.227 e. The summed E-state index contributed by atoms with van der Waals surface area (Å²) in [5, 5.41) is 3.35. The first-order chi connectivity index (χ1) is 8.48. The largest absolute Gasteiger partial charge is 0.339 e. The zero-order valence-corrected chi connectivity index (χ0v) is 10.9. The summed E-state index contributed by atoms with van der Waals surface area (Å²) in [5.74, 6) is -0.310. The molecule has 3 nitrogen and oxygen atoms in total. The van der Waals surface area contributed by atoms with Crippen molar-refractivity contribution >= 4 is 5.91 Å². The van der Waals surface area contributed by atoms with Gasteiger partial charge in [-0.05, 0) is 25.5 Å². The van der Waals surface area contributed by atoms with E-state index in [-0.39, 0.29) is 23.7 Å². The summed E-state index contributed by atoms with van der Waals surface area (Å²) in [6.45, 7) is 6.28. The summed E-state index contributed by atoms with van der Waals surface area (Å²) >= 11 is 0. The molecule has 0 bridgehead atoms. The normalized spacial score (nSPS) is 18.7. The lowest BCUT2D eigenvalue weighted by Gasteiger charge is -2.39. The number of amides is 1. The molecule has 1 aliphatic rings. The highest BCUT2D eigenvalue weighted by Crippen LogP contribution is 2.13. The third-order valence-corrected chi connectivity index (χ3v) is 3.22. The second-order valence-electron chi connectivity index (χ2n) is 5.39. The molecule has 18 heavy (non-hydrogen) atoms. The molecule has 4 heteroatoms. The monoisotopic (exact) mass is 250 g/mol. The van der Waals surface area contributed by atoms with Gasteiger partial charge in [0.25, 0.3) is 0 Å². The highest BCUT2D eigenvalue weighted by molar-refractivity contribution is 5.79. The van der Waals surface area contributed by atoms with E-state index in [1.807, 2.05) is 4.90 Å². The van der Waals surface area contributed by atoms with E-state index in [2.05, 4.69) is 19.2 Å². The van der Waals surface area contributed by atoms with Gasteiger partial charge in [0.05, 0.1) is 6.42 Å². The molecule has 0 atom stereocenters. The van der Waals surface area contributed by atoms with Gasteiger partial charge in [-0.1, -0.05) is 18.2 Å². The first-order valence-electron chi connectivity index (χ1n) is 6.24. The summed E-state index contributed by atoms with van der Waals surface area (Å²) in [6.07, 6.45) is 0.142. The Kier molecular flexibility index (Phi) is 3.66. The lowest BCUT2D eigenvalue weighted by molar-refractivity contribution is -0.132. The van der Waals surface area contributed by atoms with Crippen LogP contribution in [0.15, 0.2) is 24.3 Å². The molecule has 1 aliphatic heterocycles. The maximum atomic E-state index is 13.5. The van der Waals surface area contributed by atoms with E-state index >= 15 is 0 Å². The molecule has 2 rings (SSSR count). The van der Waals surface area contributed by atoms with E-state index in [1.165, 1.54) is 6.07 Å². The first kappa shape index (κ1) is 13.0. The van der Waals surface area contributed by atoms with Crippen molar-refractivity contribution in [2.75, 3.05) is 19.6 Å². The van der Waals surface area contributed by atoms with Crippen molar-refractivity contribution in [2.45, 2.75) is 25.8 Å². The average molecular weight is 250 g/mol. The molecule has 0 saturated carbocycles. The van der Waals surface area contributed by atoms with Crippen LogP contribution in [0.5, 0.6) is 0 Å². The minimum atomic E-state index is -0.305. The summed E-state index contributed by atoms with van der Waals surface area (Å²) in [7, 11) is 0. The van der Waals surface area contributed by atoms with Gasteiger partial charge in [-0.15, -0.1) is 0 Å². The van der Waals surface area contributed by atoms with Crippen molar-refractivity contribution in [3.05, 3.63) is 35.6 Å². The standard InChI is InChI=1S/C14H19FN2O/c1-14(2)10-17(8-7-16-14)13(18)9-11-5-3-4-6-12(11)15/h3-6,16H,7-10H2,1-2H3. The number of rotatable bonds is 2. The molecule has 1 fully saturated rings. The SMILES string of the molecule is CC1(C)CN(C(=O)Cc2ccccc2F)CCN1. The number of benzene rings is 1. The van der Waals surface area contributed by atoms with Gasteiger partial charge in [-0.3, -0.25) is 4.79 Å². The lowest BCUT2D eigenvalue weighted by Crippen LogP contribution is -2.58. The Balaban J connectivity index is 2.02. The number of piperazine rings is 1. The third kappa shape index (κ3) is 3.07. The third-order valence-electron chi connectivity index (χ3n) is 3.22. The highest BCUT2D eigenvalue weighted by atomic mass is 19.1. The Hall–Kier alpha value is -1.42. The van der Waals surface area contributed by atoms with Crippen LogP contribution in [0.1, 0.15) is 19.4 Å². The second-order valence-corrected chi connectivity index (χ2v) is 5.39. The van der Waals surface area contributed by atoms with E-state index in [0.29, 0.717) is 18.7 Å². The van der Waals surface area contributed by atoms with Crippen LogP contribution in [0.3, 0.4) is 0 Å². The summed E-state index contributed by atoms with van der Waals surface area (Å²) in [6, 6.07) is 6.45. The Morgan fingerprint density at radius 2 is 2.17 bits per heavy atom. The van der Waals surface area contributed by atoms with Crippen LogP contribution in [-0.2, 0) is 11.2 Å². The van der Waals surface area contributed by atoms with Crippen LogP contribution < -0.4 is 5.32 Å². The van der Waals surface area contributed by atoms with Gasteiger partial charge in [-0.25, -0.2) is 4.39 Å². The van der Waals surface area contributed by atoms with E-state index in [0.717, 1.165) is 6.54 Å². The van der Waals surface area contributed by atoms with Crippen molar-refractivity contribution in [3.8, 4) is 0 Å². The Morgan fingerprint density at radius 1 is 1.44 bits per heavy atom. The minimum absolute atomic E-state index is 0.00493. The van der Waals surface area contributed by atoms with Crippen molar-refractivity contribution in [3.63, 3.8) is 0 Å². The molecule has 1 amide bonds. The van der Waals surface area contributed by atoms with E-state index in [4.69, 9.17) is 0 Å². The Labute approximate surface area is 107 Å². The molecule has 0 radical (unpaired) electrons. The van der Waals surface area contributed by atoms with Gasteiger partial charge in [0, 0.05) is 25.2 Å². The smallest absolute Gasteiger partial charge is 0.227 e. The van der Waals surface area contributed by atoms with Gasteiger partial charge in [0.1, 0.15) is 5.82 Å². The van der Waals surface area contributed by atoms with Gasteiger partial charge < -0.3 is 10.2 Å². The fourth-order valence-electron chi connectivity index (χ4n) is 2.27. The molecule has 1 aromatic rings. The fraction of sp³-hybridized carbons (Fsp3) is 0.500. The van der Waals surface area contributed by atoms with Crippen molar-refractivity contribution in [1.82, 2.24) is 10.2 Å². The molecule has 0 unspecified atom stereocenters. The first-order valence-corrected chi connectivity index (χ1v) is 6.24. The van der Waals surface area contributed by atoms with Crippen molar-refractivity contribution in [1.29, 1.82) is 0 Å². The van der Waals surface area contributed by atoms with Crippen LogP contribution >= 0.6 is 0 Å². The van der Waals surface area contributed by atoms with Crippen LogP contribution in [0, 0.1) is 5.82 Å². The molecule has 0 spiro atoms. The number of carbonyl (C=O) groups excluding carboxylic acids is 1. The predicted octanol–water partition coefficient (Wildman–Crippen LogP) is 1.58. The molecule has 0 aromatic heterocycles. The zero-order chi connectivity index (χ0) is 13.2. The molecule has 1 heterocycles. The Morgan fingerprint density at radius 3 is 2.83 bits per heavy atom. The van der Waals surface area contributed by atoms with Crippen LogP contribution in [0.4, 0.5) is 4.39 Å². The summed E-state index contributed by atoms with van der Waals surface area (Å²) < 4.78 is 13.5. The number of nitrogens with one attached hydrogen (secondary N) is 1. The highest BCUT2D eigenvalue weighted by Gasteiger charge is 2.28. The van der Waals surface area contributed by atoms with E-state index in [9.17, 15) is 9.18 Å². The second kappa shape index (κ2) is 5.06. The molecular formula is C14H19FN2O. The number of nitrogens with zero attached hydrogens (tertiary/aromatic N) is 1. The fourth-order valence-corrected chi connectivity index (χ4v) is 2.27. The lowest BCUT2D eigenvalue weighted by atomic mass is 10.0. The van der Waals surface area contributed by atoms with Crippen LogP contribution in [0.25, 0.3) is 0 Å². The summed E-state index contributed by atoms with van der Waals surface area (Å²) in [5.41, 5.74) is 0.405. The van der Waals surface area contributed by atoms with E-state index in [1.54, 1.807) is 18.2 Å². The number of hydrogen-bond donors (Lipinski definition) is 1. The summed E-state index contributed by atoms with van der Waals surface area (Å²) in [4.78, 5) is 13.9. The molecular weight excluding hydrogens is 231 g/mol. The maximum absolute atomic E-state index is 13.5. The number of carbonyl (C=O) groups is 1. The molecule has 0 aliphatic carbocycles. The average Bonchev–Trinajstić information content (AvgIpc) is 2.31. The quantitative estimate of drug-likeness (QED) is 0.864. The van der Waals surface area contributed by atoms with Gasteiger partial charge in [0.2, 0.25) is 5.91 Å².